The number of amidine groups is 1. The highest BCUT2D eigenvalue weighted by atomic mass is 19.4. The number of primary amides is 1. The molecule has 0 spiro atoms. The number of nitrogens with one attached hydrogen (secondary N) is 5. The van der Waals surface area contributed by atoms with Gasteiger partial charge in [0.1, 0.15) is 23.8 Å². The van der Waals surface area contributed by atoms with Gasteiger partial charge in [0.15, 0.2) is 5.96 Å². The van der Waals surface area contributed by atoms with E-state index in [4.69, 9.17) is 37.9 Å². The van der Waals surface area contributed by atoms with Crippen LogP contribution < -0.4 is 33.2 Å². The summed E-state index contributed by atoms with van der Waals surface area (Å²) in [4.78, 5) is 63.4. The Labute approximate surface area is 287 Å². The SMILES string of the molecule is CCC(C)[C@@H](C(=O)N[C@@H](CCCNC(=N)N)C(N)=O)N(C)C(=O)C(Cc1ccc(C(=N)N)cc1)C(=O)Nc1ccccc1.O=C(O)C(F)(F)F. The van der Waals surface area contributed by atoms with E-state index in [9.17, 15) is 32.3 Å². The van der Waals surface area contributed by atoms with E-state index in [0.29, 0.717) is 36.2 Å². The van der Waals surface area contributed by atoms with Crippen LogP contribution in [-0.4, -0.2) is 83.3 Å². The van der Waals surface area contributed by atoms with E-state index in [1.54, 1.807) is 54.6 Å². The van der Waals surface area contributed by atoms with Crippen LogP contribution in [-0.2, 0) is 30.4 Å². The van der Waals surface area contributed by atoms with Crippen molar-refractivity contribution in [3.63, 3.8) is 0 Å². The van der Waals surface area contributed by atoms with Gasteiger partial charge < -0.3 is 43.2 Å². The number of halogens is 3. The second kappa shape index (κ2) is 20.0. The number of likely N-dealkylation sites (N-methyl/N-ethyl adjacent to an activating group) is 1. The highest BCUT2D eigenvalue weighted by molar-refractivity contribution is 6.07. The number of nitrogen functional groups attached to an aromatic ring is 1. The number of nitrogens with zero attached hydrogens (tertiary/aromatic N) is 1. The molecule has 18 heteroatoms. The highest BCUT2D eigenvalue weighted by Crippen LogP contribution is 2.21. The molecular formula is C32H44F3N9O6. The van der Waals surface area contributed by atoms with Crippen molar-refractivity contribution in [1.82, 2.24) is 15.5 Å². The number of amides is 4. The van der Waals surface area contributed by atoms with Crippen LogP contribution in [0.5, 0.6) is 0 Å². The predicted octanol–water partition coefficient (Wildman–Crippen LogP) is 1.51. The van der Waals surface area contributed by atoms with Gasteiger partial charge in [-0.15, -0.1) is 0 Å². The largest absolute Gasteiger partial charge is 0.490 e. The zero-order chi connectivity index (χ0) is 38.2. The number of hydrogen-bond acceptors (Lipinski definition) is 7. The Morgan fingerprint density at radius 1 is 0.940 bits per heavy atom. The van der Waals surface area contributed by atoms with Crippen LogP contribution in [0.3, 0.4) is 0 Å². The van der Waals surface area contributed by atoms with Crippen LogP contribution in [0.25, 0.3) is 0 Å². The minimum atomic E-state index is -5.08. The molecule has 15 nitrogen and oxygen atoms in total. The van der Waals surface area contributed by atoms with Gasteiger partial charge in [0, 0.05) is 24.8 Å². The first kappa shape index (κ1) is 42.3. The number of aliphatic carboxylic acids is 1. The average Bonchev–Trinajstić information content (AvgIpc) is 3.04. The molecule has 274 valence electrons. The summed E-state index contributed by atoms with van der Waals surface area (Å²) in [6.07, 6.45) is -3.92. The smallest absolute Gasteiger partial charge is 0.475 e. The van der Waals surface area contributed by atoms with Crippen molar-refractivity contribution in [3.05, 3.63) is 65.7 Å². The van der Waals surface area contributed by atoms with Gasteiger partial charge in [-0.2, -0.15) is 13.2 Å². The van der Waals surface area contributed by atoms with E-state index < -0.39 is 53.8 Å². The number of anilines is 1. The van der Waals surface area contributed by atoms with Crippen molar-refractivity contribution in [2.45, 2.75) is 57.8 Å². The van der Waals surface area contributed by atoms with E-state index in [1.165, 1.54) is 11.9 Å². The van der Waals surface area contributed by atoms with Crippen LogP contribution in [0, 0.1) is 22.7 Å². The van der Waals surface area contributed by atoms with Crippen molar-refractivity contribution < 1.29 is 42.3 Å². The molecule has 0 aliphatic carbocycles. The molecule has 0 radical (unpaired) electrons. The molecule has 2 unspecified atom stereocenters. The van der Waals surface area contributed by atoms with Crippen molar-refractivity contribution in [2.24, 2.45) is 29.0 Å². The molecule has 2 rings (SSSR count). The lowest BCUT2D eigenvalue weighted by Gasteiger charge is -2.34. The number of para-hydroxylation sites is 1. The maximum Gasteiger partial charge on any atom is 0.490 e. The van der Waals surface area contributed by atoms with Gasteiger partial charge in [-0.05, 0) is 42.9 Å². The second-order valence-corrected chi connectivity index (χ2v) is 11.3. The Morgan fingerprint density at radius 3 is 1.96 bits per heavy atom. The number of carbonyl (C=O) groups excluding carboxylic acids is 4. The quantitative estimate of drug-likeness (QED) is 0.0529. The highest BCUT2D eigenvalue weighted by Gasteiger charge is 2.39. The van der Waals surface area contributed by atoms with Crippen molar-refractivity contribution in [3.8, 4) is 0 Å². The number of rotatable bonds is 16. The first-order valence-electron chi connectivity index (χ1n) is 15.3. The first-order valence-corrected chi connectivity index (χ1v) is 15.3. The van der Waals surface area contributed by atoms with Gasteiger partial charge >= 0.3 is 12.1 Å². The Balaban J connectivity index is 0.00000161. The molecule has 0 aliphatic rings. The van der Waals surface area contributed by atoms with E-state index >= 15 is 0 Å². The Kier molecular flexibility index (Phi) is 16.9. The molecule has 2 aromatic rings. The van der Waals surface area contributed by atoms with Gasteiger partial charge in [0.25, 0.3) is 0 Å². The fourth-order valence-electron chi connectivity index (χ4n) is 4.59. The van der Waals surface area contributed by atoms with Crippen LogP contribution in [0.1, 0.15) is 44.2 Å². The van der Waals surface area contributed by atoms with Gasteiger partial charge in [-0.3, -0.25) is 30.0 Å². The topological polar surface area (TPSA) is 271 Å². The number of benzene rings is 2. The maximum absolute atomic E-state index is 14.0. The van der Waals surface area contributed by atoms with Crippen molar-refractivity contribution >= 4 is 47.1 Å². The third-order valence-corrected chi connectivity index (χ3v) is 7.46. The van der Waals surface area contributed by atoms with Crippen LogP contribution in [0.15, 0.2) is 54.6 Å². The second-order valence-electron chi connectivity index (χ2n) is 11.3. The number of guanidine groups is 1. The predicted molar refractivity (Wildman–Crippen MR) is 180 cm³/mol. The molecule has 0 saturated carbocycles. The third kappa shape index (κ3) is 14.2. The van der Waals surface area contributed by atoms with Gasteiger partial charge in [0.2, 0.25) is 23.6 Å². The standard InChI is InChI=1S/C30H43N9O4.C2HF3O2/c1-4-18(2)24(28(42)38-23(26(33)40)11-8-16-36-30(34)35)39(3)29(43)22(27(41)37-21-9-6-5-7-10-21)17-19-12-14-20(15-13-19)25(31)32;3-2(4,5)1(6)7/h5-7,9-10,12-15,18,22-24H,4,8,11,16-17H2,1-3H3,(H3,31,32)(H2,33,40)(H,37,41)(H,38,42)(H4,34,35,36);(H,6,7)/t18?,22?,23-,24-;/m0./s1. The number of hydrogen-bond donors (Lipinski definition) is 9. The molecule has 0 saturated heterocycles. The molecular weight excluding hydrogens is 663 g/mol. The van der Waals surface area contributed by atoms with E-state index in [0.717, 1.165) is 0 Å². The number of carbonyl (C=O) groups is 5. The zero-order valence-electron chi connectivity index (χ0n) is 27.8. The monoisotopic (exact) mass is 707 g/mol. The summed E-state index contributed by atoms with van der Waals surface area (Å²) < 4.78 is 31.7. The summed E-state index contributed by atoms with van der Waals surface area (Å²) >= 11 is 0. The summed E-state index contributed by atoms with van der Waals surface area (Å²) in [6, 6.07) is 13.4. The summed E-state index contributed by atoms with van der Waals surface area (Å²) in [5.41, 5.74) is 18.1. The molecule has 2 aromatic carbocycles. The van der Waals surface area contributed by atoms with Crippen molar-refractivity contribution in [2.75, 3.05) is 18.9 Å². The minimum absolute atomic E-state index is 0.0297. The van der Waals surface area contributed by atoms with Gasteiger partial charge in [-0.25, -0.2) is 4.79 Å². The summed E-state index contributed by atoms with van der Waals surface area (Å²) in [6.45, 7) is 4.00. The lowest BCUT2D eigenvalue weighted by atomic mass is 9.92. The number of carboxylic acid groups (broad SMARTS) is 1. The van der Waals surface area contributed by atoms with E-state index in [2.05, 4.69) is 16.0 Å². The number of carboxylic acids is 1. The lowest BCUT2D eigenvalue weighted by molar-refractivity contribution is -0.192. The first-order chi connectivity index (χ1) is 23.3. The lowest BCUT2D eigenvalue weighted by Crippen LogP contribution is -2.57. The fourth-order valence-corrected chi connectivity index (χ4v) is 4.59. The van der Waals surface area contributed by atoms with Crippen LogP contribution in [0.4, 0.5) is 18.9 Å². The van der Waals surface area contributed by atoms with Gasteiger partial charge in [0.05, 0.1) is 0 Å². The fraction of sp³-hybridized carbons (Fsp3) is 0.406. The molecule has 12 N–H and O–H groups in total. The summed E-state index contributed by atoms with van der Waals surface area (Å²) in [5.74, 6) is -7.02. The zero-order valence-corrected chi connectivity index (χ0v) is 27.8. The third-order valence-electron chi connectivity index (χ3n) is 7.46. The Bertz CT molecular complexity index is 1490. The Hall–Kier alpha value is -5.68. The average molecular weight is 708 g/mol. The van der Waals surface area contributed by atoms with Crippen LogP contribution >= 0.6 is 0 Å². The van der Waals surface area contributed by atoms with Crippen molar-refractivity contribution in [1.29, 1.82) is 10.8 Å². The molecule has 0 aliphatic heterocycles. The molecule has 0 aromatic heterocycles. The molecule has 4 amide bonds. The summed E-state index contributed by atoms with van der Waals surface area (Å²) in [5, 5.41) is 30.1. The van der Waals surface area contributed by atoms with Gasteiger partial charge in [-0.1, -0.05) is 62.7 Å². The molecule has 0 fully saturated rings. The summed E-state index contributed by atoms with van der Waals surface area (Å²) in [7, 11) is 1.47. The maximum atomic E-state index is 14.0. The molecule has 0 bridgehead atoms. The number of alkyl halides is 3. The van der Waals surface area contributed by atoms with E-state index in [1.807, 2.05) is 13.8 Å². The van der Waals surface area contributed by atoms with Crippen LogP contribution in [0.2, 0.25) is 0 Å². The normalized spacial score (nSPS) is 13.2. The number of nitrogens with two attached hydrogens (primary N) is 3. The minimum Gasteiger partial charge on any atom is -0.475 e. The molecule has 4 atom stereocenters. The molecule has 0 heterocycles. The Morgan fingerprint density at radius 2 is 1.50 bits per heavy atom. The van der Waals surface area contributed by atoms with E-state index in [-0.39, 0.29) is 30.6 Å². The molecule has 50 heavy (non-hydrogen) atoms.